The summed E-state index contributed by atoms with van der Waals surface area (Å²) >= 11 is 2.04. The SMILES string of the molecule is CCCS[SiH3]. The zero-order valence-corrected chi connectivity index (χ0v) is 6.64. The number of rotatable bonds is 2. The summed E-state index contributed by atoms with van der Waals surface area (Å²) in [6, 6.07) is 0. The van der Waals surface area contributed by atoms with E-state index >= 15 is 0 Å². The smallest absolute Gasteiger partial charge is 0.0694 e. The number of hydrogen-bond donors (Lipinski definition) is 0. The zero-order valence-electron chi connectivity index (χ0n) is 3.82. The molecule has 32 valence electrons. The number of hydrogen-bond acceptors (Lipinski definition) is 1. The molecule has 5 heavy (non-hydrogen) atoms. The lowest BCUT2D eigenvalue weighted by Gasteiger charge is -1.80. The van der Waals surface area contributed by atoms with Gasteiger partial charge in [0.05, 0.1) is 9.39 Å². The van der Waals surface area contributed by atoms with Gasteiger partial charge in [-0.05, 0) is 12.2 Å². The van der Waals surface area contributed by atoms with Gasteiger partial charge >= 0.3 is 0 Å². The Hall–Kier alpha value is 0.567. The van der Waals surface area contributed by atoms with Gasteiger partial charge < -0.3 is 0 Å². The van der Waals surface area contributed by atoms with Crippen LogP contribution in [0, 0.1) is 0 Å². The minimum atomic E-state index is 1.32. The first kappa shape index (κ1) is 5.57. The zero-order chi connectivity index (χ0) is 4.12. The van der Waals surface area contributed by atoms with Crippen molar-refractivity contribution < 1.29 is 0 Å². The van der Waals surface area contributed by atoms with Crippen LogP contribution in [0.25, 0.3) is 0 Å². The first-order chi connectivity index (χ1) is 2.41. The lowest BCUT2D eigenvalue weighted by Crippen LogP contribution is -1.66. The second kappa shape index (κ2) is 4.57. The van der Waals surface area contributed by atoms with Crippen LogP contribution in [-0.4, -0.2) is 15.1 Å². The molecule has 0 aliphatic rings. The van der Waals surface area contributed by atoms with Gasteiger partial charge in [0.25, 0.3) is 0 Å². The van der Waals surface area contributed by atoms with Crippen LogP contribution >= 0.6 is 11.2 Å². The molecule has 0 saturated heterocycles. The van der Waals surface area contributed by atoms with Gasteiger partial charge in [0.2, 0.25) is 0 Å². The molecule has 0 nitrogen and oxygen atoms in total. The average molecular weight is 106 g/mol. The fourth-order valence-corrected chi connectivity index (χ4v) is 1.84. The van der Waals surface area contributed by atoms with E-state index < -0.39 is 0 Å². The summed E-state index contributed by atoms with van der Waals surface area (Å²) in [5.74, 6) is 1.37. The van der Waals surface area contributed by atoms with E-state index in [0.29, 0.717) is 0 Å². The highest BCUT2D eigenvalue weighted by Crippen LogP contribution is 1.89. The van der Waals surface area contributed by atoms with Crippen molar-refractivity contribution >= 4 is 20.6 Å². The first-order valence-corrected chi connectivity index (χ1v) is 5.75. The van der Waals surface area contributed by atoms with Crippen LogP contribution in [0.4, 0.5) is 0 Å². The van der Waals surface area contributed by atoms with Gasteiger partial charge in [-0.25, -0.2) is 0 Å². The molecule has 0 radical (unpaired) electrons. The summed E-state index contributed by atoms with van der Waals surface area (Å²) in [5.41, 5.74) is 0. The molecule has 0 rings (SSSR count). The van der Waals surface area contributed by atoms with Crippen LogP contribution in [0.15, 0.2) is 0 Å². The van der Waals surface area contributed by atoms with Crippen molar-refractivity contribution in [3.8, 4) is 0 Å². The molecule has 0 saturated carbocycles. The fraction of sp³-hybridized carbons (Fsp3) is 1.00. The molecule has 0 heterocycles. The molecule has 0 amide bonds. The molecule has 0 atom stereocenters. The Kier molecular flexibility index (Phi) is 5.08. The van der Waals surface area contributed by atoms with E-state index in [0.717, 1.165) is 0 Å². The summed E-state index contributed by atoms with van der Waals surface area (Å²) < 4.78 is 0. The van der Waals surface area contributed by atoms with Crippen molar-refractivity contribution in [2.75, 3.05) is 5.75 Å². The summed E-state index contributed by atoms with van der Waals surface area (Å²) in [6.45, 7) is 2.21. The standard InChI is InChI=1S/C3H10SSi/c1-2-3-4-5/h2-3H2,1,5H3. The lowest BCUT2D eigenvalue weighted by molar-refractivity contribution is 1.11. The Morgan fingerprint density at radius 2 is 2.40 bits per heavy atom. The Balaban J connectivity index is 2.19. The molecule has 0 aromatic heterocycles. The Morgan fingerprint density at radius 1 is 1.80 bits per heavy atom. The van der Waals surface area contributed by atoms with E-state index in [1.165, 1.54) is 21.6 Å². The summed E-state index contributed by atoms with van der Waals surface area (Å²) in [6.07, 6.45) is 1.34. The van der Waals surface area contributed by atoms with Crippen molar-refractivity contribution in [2.24, 2.45) is 0 Å². The van der Waals surface area contributed by atoms with Crippen LogP contribution in [0.1, 0.15) is 13.3 Å². The molecule has 0 bridgehead atoms. The van der Waals surface area contributed by atoms with Crippen molar-refractivity contribution in [1.29, 1.82) is 0 Å². The molecule has 0 aromatic carbocycles. The second-order valence-electron chi connectivity index (χ2n) is 0.993. The first-order valence-electron chi connectivity index (χ1n) is 1.90. The van der Waals surface area contributed by atoms with Gasteiger partial charge in [-0.1, -0.05) is 6.92 Å². The van der Waals surface area contributed by atoms with Crippen molar-refractivity contribution in [3.05, 3.63) is 0 Å². The Morgan fingerprint density at radius 3 is 2.40 bits per heavy atom. The van der Waals surface area contributed by atoms with E-state index in [-0.39, 0.29) is 0 Å². The molecule has 0 fully saturated rings. The molecule has 0 spiro atoms. The van der Waals surface area contributed by atoms with Crippen LogP contribution < -0.4 is 0 Å². The highest BCUT2D eigenvalue weighted by atomic mass is 32.4. The highest BCUT2D eigenvalue weighted by molar-refractivity contribution is 8.19. The molecule has 0 aromatic rings. The Bertz CT molecular complexity index is 14.4. The van der Waals surface area contributed by atoms with Gasteiger partial charge in [0.15, 0.2) is 0 Å². The quantitative estimate of drug-likeness (QED) is 0.459. The van der Waals surface area contributed by atoms with Crippen LogP contribution in [-0.2, 0) is 0 Å². The van der Waals surface area contributed by atoms with Gasteiger partial charge in [0, 0.05) is 0 Å². The van der Waals surface area contributed by atoms with Crippen LogP contribution in [0.5, 0.6) is 0 Å². The van der Waals surface area contributed by atoms with Gasteiger partial charge in [0.1, 0.15) is 0 Å². The van der Waals surface area contributed by atoms with Gasteiger partial charge in [-0.3, -0.25) is 0 Å². The van der Waals surface area contributed by atoms with Crippen LogP contribution in [0.3, 0.4) is 0 Å². The summed E-state index contributed by atoms with van der Waals surface area (Å²) in [7, 11) is 1.32. The largest absolute Gasteiger partial charge is 0.198 e. The van der Waals surface area contributed by atoms with E-state index in [9.17, 15) is 0 Å². The molecule has 0 unspecified atom stereocenters. The second-order valence-corrected chi connectivity index (χ2v) is 3.71. The van der Waals surface area contributed by atoms with E-state index in [4.69, 9.17) is 0 Å². The van der Waals surface area contributed by atoms with Crippen molar-refractivity contribution in [1.82, 2.24) is 0 Å². The third-order valence-corrected chi connectivity index (χ3v) is 2.45. The summed E-state index contributed by atoms with van der Waals surface area (Å²) in [5, 5.41) is 0. The maximum absolute atomic E-state index is 2.21. The lowest BCUT2D eigenvalue weighted by atomic mass is 10.6. The predicted octanol–water partition coefficient (Wildman–Crippen LogP) is 0.410. The predicted molar refractivity (Wildman–Crippen MR) is 32.7 cm³/mol. The molecule has 0 aliphatic heterocycles. The van der Waals surface area contributed by atoms with Gasteiger partial charge in [-0.15, -0.1) is 0 Å². The van der Waals surface area contributed by atoms with Gasteiger partial charge in [-0.2, -0.15) is 11.2 Å². The topological polar surface area (TPSA) is 0 Å². The molecule has 0 N–H and O–H groups in total. The molecule has 0 aliphatic carbocycles. The van der Waals surface area contributed by atoms with Crippen molar-refractivity contribution in [2.45, 2.75) is 13.3 Å². The minimum absolute atomic E-state index is 1.32. The molecule has 2 heteroatoms. The fourth-order valence-electron chi connectivity index (χ4n) is 0.204. The highest BCUT2D eigenvalue weighted by Gasteiger charge is 1.67. The van der Waals surface area contributed by atoms with E-state index in [2.05, 4.69) is 6.92 Å². The summed E-state index contributed by atoms with van der Waals surface area (Å²) in [4.78, 5) is 0. The minimum Gasteiger partial charge on any atom is -0.198 e. The normalized spacial score (nSPS) is 9.00. The van der Waals surface area contributed by atoms with Crippen molar-refractivity contribution in [3.63, 3.8) is 0 Å². The maximum atomic E-state index is 2.21. The third-order valence-electron chi connectivity index (χ3n) is 0.408. The van der Waals surface area contributed by atoms with E-state index in [1.54, 1.807) is 0 Å². The maximum Gasteiger partial charge on any atom is 0.0694 e. The molecular formula is C3H10SSi. The third kappa shape index (κ3) is 4.57. The van der Waals surface area contributed by atoms with Crippen LogP contribution in [0.2, 0.25) is 0 Å². The average Bonchev–Trinajstić information content (AvgIpc) is 1.41. The van der Waals surface area contributed by atoms with E-state index in [1.807, 2.05) is 11.2 Å². The molecular weight excluding hydrogens is 96.2 g/mol. The monoisotopic (exact) mass is 106 g/mol. The Labute approximate surface area is 40.4 Å².